The summed E-state index contributed by atoms with van der Waals surface area (Å²) >= 11 is 0. The summed E-state index contributed by atoms with van der Waals surface area (Å²) in [6.07, 6.45) is 2.89. The fraction of sp³-hybridized carbons (Fsp3) is 0.611. The second kappa shape index (κ2) is 9.65. The highest BCUT2D eigenvalue weighted by Gasteiger charge is 2.16. The Balaban J connectivity index is 2.45. The molecule has 5 nitrogen and oxygen atoms in total. The molecule has 0 fully saturated rings. The fourth-order valence-corrected chi connectivity index (χ4v) is 2.32. The van der Waals surface area contributed by atoms with Crippen LogP contribution in [-0.2, 0) is 22.6 Å². The third-order valence-corrected chi connectivity index (χ3v) is 3.39. The zero-order chi connectivity index (χ0) is 17.3. The van der Waals surface area contributed by atoms with Gasteiger partial charge in [-0.05, 0) is 58.3 Å². The molecule has 2 N–H and O–H groups in total. The van der Waals surface area contributed by atoms with E-state index in [9.17, 15) is 4.79 Å². The molecule has 5 heteroatoms. The molecule has 0 heterocycles. The largest absolute Gasteiger partial charge is 0.329 e. The minimum absolute atomic E-state index is 0.379. The maximum absolute atomic E-state index is 11.1. The molecule has 0 aliphatic carbocycles. The summed E-state index contributed by atoms with van der Waals surface area (Å²) in [7, 11) is 2.10. The van der Waals surface area contributed by atoms with Crippen molar-refractivity contribution in [1.82, 2.24) is 9.96 Å². The lowest BCUT2D eigenvalue weighted by atomic mass is 10.1. The van der Waals surface area contributed by atoms with Crippen molar-refractivity contribution in [2.45, 2.75) is 45.8 Å². The highest BCUT2D eigenvalue weighted by molar-refractivity contribution is 5.45. The molecule has 0 radical (unpaired) electrons. The predicted octanol–water partition coefficient (Wildman–Crippen LogP) is 2.20. The van der Waals surface area contributed by atoms with E-state index < -0.39 is 0 Å². The lowest BCUT2D eigenvalue weighted by Crippen LogP contribution is -2.32. The summed E-state index contributed by atoms with van der Waals surface area (Å²) in [5, 5.41) is 1.34. The molecule has 0 unspecified atom stereocenters. The molecule has 0 atom stereocenters. The average Bonchev–Trinajstić information content (AvgIpc) is 2.47. The quantitative estimate of drug-likeness (QED) is 0.530. The molecule has 1 aromatic rings. The van der Waals surface area contributed by atoms with Crippen molar-refractivity contribution in [2.75, 3.05) is 26.7 Å². The first-order chi connectivity index (χ1) is 10.8. The number of hydroxylamine groups is 2. The smallest absolute Gasteiger partial charge is 0.233 e. The standard InChI is InChI=1S/C18H31N3O2/c1-18(2,3)23-21(15-22)14-17-9-7-16(8-10-17)6-5-12-20(4)13-11-19/h7-10,15H,5-6,11-14,19H2,1-4H3. The minimum atomic E-state index is -0.379. The lowest BCUT2D eigenvalue weighted by molar-refractivity contribution is -0.220. The first-order valence-electron chi connectivity index (χ1n) is 8.21. The van der Waals surface area contributed by atoms with Gasteiger partial charge in [-0.25, -0.2) is 5.06 Å². The number of nitrogens with zero attached hydrogens (tertiary/aromatic N) is 2. The number of rotatable bonds is 10. The van der Waals surface area contributed by atoms with E-state index in [1.165, 1.54) is 10.6 Å². The van der Waals surface area contributed by atoms with Crippen molar-refractivity contribution in [1.29, 1.82) is 0 Å². The van der Waals surface area contributed by atoms with E-state index in [0.29, 0.717) is 13.1 Å². The van der Waals surface area contributed by atoms with Crippen LogP contribution < -0.4 is 5.73 Å². The molecule has 0 spiro atoms. The van der Waals surface area contributed by atoms with E-state index in [2.05, 4.69) is 36.2 Å². The van der Waals surface area contributed by atoms with Crippen LogP contribution in [0, 0.1) is 0 Å². The molecule has 23 heavy (non-hydrogen) atoms. The molecule has 0 aliphatic heterocycles. The van der Waals surface area contributed by atoms with E-state index >= 15 is 0 Å². The number of aryl methyl sites for hydroxylation is 1. The summed E-state index contributed by atoms with van der Waals surface area (Å²) in [6, 6.07) is 8.36. The van der Waals surface area contributed by atoms with Crippen molar-refractivity contribution in [3.63, 3.8) is 0 Å². The number of amides is 1. The summed E-state index contributed by atoms with van der Waals surface area (Å²) in [5.74, 6) is 0. The van der Waals surface area contributed by atoms with Crippen LogP contribution >= 0.6 is 0 Å². The summed E-state index contributed by atoms with van der Waals surface area (Å²) < 4.78 is 0. The van der Waals surface area contributed by atoms with Gasteiger partial charge < -0.3 is 10.6 Å². The van der Waals surface area contributed by atoms with Crippen LogP contribution in [0.25, 0.3) is 0 Å². The van der Waals surface area contributed by atoms with E-state index in [4.69, 9.17) is 10.6 Å². The first kappa shape index (κ1) is 19.6. The number of carbonyl (C=O) groups excluding carboxylic acids is 1. The number of nitrogens with two attached hydrogens (primary N) is 1. The predicted molar refractivity (Wildman–Crippen MR) is 93.8 cm³/mol. The average molecular weight is 321 g/mol. The highest BCUT2D eigenvalue weighted by Crippen LogP contribution is 2.13. The van der Waals surface area contributed by atoms with Crippen molar-refractivity contribution in [3.05, 3.63) is 35.4 Å². The van der Waals surface area contributed by atoms with Gasteiger partial charge in [0.1, 0.15) is 0 Å². The van der Waals surface area contributed by atoms with Crippen LogP contribution in [0.5, 0.6) is 0 Å². The van der Waals surface area contributed by atoms with E-state index in [1.54, 1.807) is 0 Å². The Kier molecular flexibility index (Phi) is 8.23. The van der Waals surface area contributed by atoms with Gasteiger partial charge >= 0.3 is 0 Å². The number of hydrogen-bond acceptors (Lipinski definition) is 4. The molecule has 0 aliphatic rings. The number of carbonyl (C=O) groups is 1. The van der Waals surface area contributed by atoms with Crippen LogP contribution in [0.4, 0.5) is 0 Å². The van der Waals surface area contributed by atoms with Gasteiger partial charge in [-0.3, -0.25) is 9.63 Å². The summed E-state index contributed by atoms with van der Waals surface area (Å²) in [4.78, 5) is 18.9. The normalized spacial score (nSPS) is 11.7. The first-order valence-corrected chi connectivity index (χ1v) is 8.21. The van der Waals surface area contributed by atoms with Gasteiger partial charge in [0.15, 0.2) is 0 Å². The monoisotopic (exact) mass is 321 g/mol. The number of benzene rings is 1. The third kappa shape index (κ3) is 8.69. The molecule has 1 amide bonds. The fourth-order valence-electron chi connectivity index (χ4n) is 2.32. The Labute approximate surface area is 140 Å². The minimum Gasteiger partial charge on any atom is -0.329 e. The molecule has 0 bridgehead atoms. The van der Waals surface area contributed by atoms with Crippen molar-refractivity contribution in [2.24, 2.45) is 5.73 Å². The highest BCUT2D eigenvalue weighted by atomic mass is 16.7. The molecule has 0 saturated carbocycles. The van der Waals surface area contributed by atoms with E-state index in [0.717, 1.165) is 37.9 Å². The van der Waals surface area contributed by atoms with Crippen LogP contribution in [0.2, 0.25) is 0 Å². The Morgan fingerprint density at radius 2 is 1.74 bits per heavy atom. The third-order valence-electron chi connectivity index (χ3n) is 3.39. The Morgan fingerprint density at radius 1 is 1.13 bits per heavy atom. The van der Waals surface area contributed by atoms with Gasteiger partial charge in [-0.15, -0.1) is 0 Å². The van der Waals surface area contributed by atoms with E-state index in [-0.39, 0.29) is 5.60 Å². The maximum Gasteiger partial charge on any atom is 0.233 e. The molecular formula is C18H31N3O2. The van der Waals surface area contributed by atoms with Crippen LogP contribution in [0.3, 0.4) is 0 Å². The lowest BCUT2D eigenvalue weighted by Gasteiger charge is -2.26. The van der Waals surface area contributed by atoms with Gasteiger partial charge in [-0.1, -0.05) is 24.3 Å². The summed E-state index contributed by atoms with van der Waals surface area (Å²) in [6.45, 7) is 8.93. The van der Waals surface area contributed by atoms with Gasteiger partial charge in [0, 0.05) is 13.1 Å². The molecule has 1 rings (SSSR count). The van der Waals surface area contributed by atoms with E-state index in [1.807, 2.05) is 20.8 Å². The van der Waals surface area contributed by atoms with Crippen molar-refractivity contribution >= 4 is 6.41 Å². The van der Waals surface area contributed by atoms with Crippen LogP contribution in [0.1, 0.15) is 38.3 Å². The maximum atomic E-state index is 11.1. The SMILES string of the molecule is CN(CCN)CCCc1ccc(CN(C=O)OC(C)(C)C)cc1. The Hall–Kier alpha value is -1.43. The summed E-state index contributed by atoms with van der Waals surface area (Å²) in [5.41, 5.74) is 7.53. The van der Waals surface area contributed by atoms with Crippen LogP contribution in [0.15, 0.2) is 24.3 Å². The molecular weight excluding hydrogens is 290 g/mol. The van der Waals surface area contributed by atoms with Crippen molar-refractivity contribution in [3.8, 4) is 0 Å². The van der Waals surface area contributed by atoms with Gasteiger partial charge in [0.25, 0.3) is 0 Å². The Bertz CT molecular complexity index is 454. The molecule has 0 saturated heterocycles. The Morgan fingerprint density at radius 3 is 2.26 bits per heavy atom. The zero-order valence-corrected chi connectivity index (χ0v) is 14.9. The molecule has 130 valence electrons. The van der Waals surface area contributed by atoms with Crippen molar-refractivity contribution < 1.29 is 9.63 Å². The van der Waals surface area contributed by atoms with Gasteiger partial charge in [0.05, 0.1) is 12.1 Å². The molecule has 1 aromatic carbocycles. The van der Waals surface area contributed by atoms with Gasteiger partial charge in [-0.2, -0.15) is 0 Å². The van der Waals surface area contributed by atoms with Gasteiger partial charge in [0.2, 0.25) is 6.41 Å². The number of hydrogen-bond donors (Lipinski definition) is 1. The second-order valence-electron chi connectivity index (χ2n) is 6.90. The number of likely N-dealkylation sites (N-methyl/N-ethyl adjacent to an activating group) is 1. The second-order valence-corrected chi connectivity index (χ2v) is 6.90. The van der Waals surface area contributed by atoms with Crippen LogP contribution in [-0.4, -0.2) is 48.7 Å². The molecule has 0 aromatic heterocycles. The zero-order valence-electron chi connectivity index (χ0n) is 14.9. The topological polar surface area (TPSA) is 58.8 Å².